The van der Waals surface area contributed by atoms with Crippen LogP contribution in [0.25, 0.3) is 0 Å². The van der Waals surface area contributed by atoms with Gasteiger partial charge in [0, 0.05) is 8.95 Å². The third-order valence-corrected chi connectivity index (χ3v) is 4.31. The molecule has 0 bridgehead atoms. The lowest BCUT2D eigenvalue weighted by atomic mass is 10.00. The maximum absolute atomic E-state index is 6.28. The summed E-state index contributed by atoms with van der Waals surface area (Å²) in [6, 6.07) is 11.3. The first-order valence-electron chi connectivity index (χ1n) is 5.57. The van der Waals surface area contributed by atoms with Gasteiger partial charge in [0.15, 0.2) is 0 Å². The van der Waals surface area contributed by atoms with Gasteiger partial charge in [-0.15, -0.1) is 0 Å². The number of hydrogen-bond acceptors (Lipinski definition) is 2. The Hall–Kier alpha value is -0.550. The number of nitrogens with two attached hydrogens (primary N) is 1. The summed E-state index contributed by atoms with van der Waals surface area (Å²) in [6.07, 6.45) is 0. The fourth-order valence-corrected chi connectivity index (χ4v) is 3.37. The zero-order valence-corrected chi connectivity index (χ0v) is 14.1. The zero-order chi connectivity index (χ0) is 14.0. The number of halogens is 3. The average Bonchev–Trinajstić information content (AvgIpc) is 2.38. The molecule has 0 aliphatic heterocycles. The van der Waals surface area contributed by atoms with Crippen LogP contribution in [0.5, 0.6) is 5.75 Å². The molecule has 0 amide bonds. The Kier molecular flexibility index (Phi) is 4.90. The van der Waals surface area contributed by atoms with Crippen molar-refractivity contribution >= 4 is 43.5 Å². The molecule has 1 atom stereocenters. The van der Waals surface area contributed by atoms with E-state index < -0.39 is 0 Å². The summed E-state index contributed by atoms with van der Waals surface area (Å²) < 4.78 is 7.10. The van der Waals surface area contributed by atoms with Crippen molar-refractivity contribution in [3.63, 3.8) is 0 Å². The molecule has 2 nitrogen and oxygen atoms in total. The maximum Gasteiger partial charge on any atom is 0.137 e. The van der Waals surface area contributed by atoms with Crippen LogP contribution in [0.1, 0.15) is 17.2 Å². The van der Waals surface area contributed by atoms with Gasteiger partial charge < -0.3 is 10.5 Å². The van der Waals surface area contributed by atoms with Gasteiger partial charge in [0.05, 0.1) is 18.2 Å². The first kappa shape index (κ1) is 14.9. The highest BCUT2D eigenvalue weighted by Crippen LogP contribution is 2.32. The van der Waals surface area contributed by atoms with Crippen LogP contribution in [-0.2, 0) is 0 Å². The number of methoxy groups -OCH3 is 1. The summed E-state index contributed by atoms with van der Waals surface area (Å²) in [6.45, 7) is 0. The third-order valence-electron chi connectivity index (χ3n) is 2.83. The molecule has 0 aliphatic carbocycles. The predicted octanol–water partition coefficient (Wildman–Crippen LogP) is 4.92. The number of ether oxygens (including phenoxy) is 1. The minimum Gasteiger partial charge on any atom is -0.495 e. The summed E-state index contributed by atoms with van der Waals surface area (Å²) in [4.78, 5) is 0. The van der Waals surface area contributed by atoms with Gasteiger partial charge in [0.1, 0.15) is 5.75 Å². The lowest BCUT2D eigenvalue weighted by Gasteiger charge is -2.16. The number of hydrogen-bond donors (Lipinski definition) is 1. The van der Waals surface area contributed by atoms with E-state index in [0.717, 1.165) is 20.1 Å². The minimum absolute atomic E-state index is 0.245. The van der Waals surface area contributed by atoms with Gasteiger partial charge in [0.25, 0.3) is 0 Å². The van der Waals surface area contributed by atoms with E-state index in [0.29, 0.717) is 10.8 Å². The first-order chi connectivity index (χ1) is 9.02. The first-order valence-corrected chi connectivity index (χ1v) is 7.53. The molecule has 5 heteroatoms. The van der Waals surface area contributed by atoms with E-state index >= 15 is 0 Å². The molecule has 19 heavy (non-hydrogen) atoms. The van der Waals surface area contributed by atoms with Crippen LogP contribution >= 0.6 is 43.5 Å². The monoisotopic (exact) mass is 403 g/mol. The van der Waals surface area contributed by atoms with E-state index in [1.54, 1.807) is 7.11 Å². The quantitative estimate of drug-likeness (QED) is 0.787. The van der Waals surface area contributed by atoms with Crippen LogP contribution in [0.4, 0.5) is 0 Å². The van der Waals surface area contributed by atoms with Gasteiger partial charge in [0.2, 0.25) is 0 Å². The molecule has 2 aromatic rings. The smallest absolute Gasteiger partial charge is 0.137 e. The average molecular weight is 406 g/mol. The second-order valence-electron chi connectivity index (χ2n) is 4.04. The minimum atomic E-state index is -0.245. The maximum atomic E-state index is 6.28. The second kappa shape index (κ2) is 6.27. The Morgan fingerprint density at radius 3 is 2.47 bits per heavy atom. The van der Waals surface area contributed by atoms with E-state index in [9.17, 15) is 0 Å². The molecule has 100 valence electrons. The molecule has 0 radical (unpaired) electrons. The van der Waals surface area contributed by atoms with Crippen molar-refractivity contribution in [3.8, 4) is 5.75 Å². The molecular weight excluding hydrogens is 393 g/mol. The highest BCUT2D eigenvalue weighted by molar-refractivity contribution is 9.11. The molecule has 2 N–H and O–H groups in total. The Bertz CT molecular complexity index is 604. The highest BCUT2D eigenvalue weighted by Gasteiger charge is 2.14. The molecule has 0 fully saturated rings. The topological polar surface area (TPSA) is 35.2 Å². The van der Waals surface area contributed by atoms with Crippen molar-refractivity contribution in [2.45, 2.75) is 6.04 Å². The standard InChI is InChI=1S/C14H12Br2ClNO/c1-19-13-5-2-8(6-12(13)17)14(18)10-4-3-9(15)7-11(10)16/h2-7,14H,18H2,1H3. The molecule has 0 saturated carbocycles. The van der Waals surface area contributed by atoms with E-state index in [1.807, 2.05) is 36.4 Å². The largest absolute Gasteiger partial charge is 0.495 e. The highest BCUT2D eigenvalue weighted by atomic mass is 79.9. The molecule has 0 saturated heterocycles. The number of benzene rings is 2. The van der Waals surface area contributed by atoms with Crippen LogP contribution in [-0.4, -0.2) is 7.11 Å². The Morgan fingerprint density at radius 2 is 1.89 bits per heavy atom. The van der Waals surface area contributed by atoms with Crippen LogP contribution < -0.4 is 10.5 Å². The molecule has 2 rings (SSSR count). The van der Waals surface area contributed by atoms with Crippen molar-refractivity contribution in [1.29, 1.82) is 0 Å². The van der Waals surface area contributed by atoms with Gasteiger partial charge in [-0.1, -0.05) is 55.6 Å². The summed E-state index contributed by atoms with van der Waals surface area (Å²) in [5.74, 6) is 0.646. The van der Waals surface area contributed by atoms with Crippen molar-refractivity contribution < 1.29 is 4.74 Å². The lowest BCUT2D eigenvalue weighted by molar-refractivity contribution is 0.415. The normalized spacial score (nSPS) is 12.3. The van der Waals surface area contributed by atoms with Crippen molar-refractivity contribution in [2.24, 2.45) is 5.73 Å². The van der Waals surface area contributed by atoms with Crippen molar-refractivity contribution in [3.05, 3.63) is 61.5 Å². The summed E-state index contributed by atoms with van der Waals surface area (Å²) in [7, 11) is 1.59. The molecular formula is C14H12Br2ClNO. The van der Waals surface area contributed by atoms with Gasteiger partial charge in [-0.2, -0.15) is 0 Å². The molecule has 1 unspecified atom stereocenters. The van der Waals surface area contributed by atoms with E-state index in [1.165, 1.54) is 0 Å². The van der Waals surface area contributed by atoms with Crippen LogP contribution in [0.15, 0.2) is 45.3 Å². The van der Waals surface area contributed by atoms with E-state index in [2.05, 4.69) is 31.9 Å². The summed E-state index contributed by atoms with van der Waals surface area (Å²) in [5.41, 5.74) is 8.23. The molecule has 0 aliphatic rings. The van der Waals surface area contributed by atoms with Crippen molar-refractivity contribution in [1.82, 2.24) is 0 Å². The Labute approximate surface area is 134 Å². The van der Waals surface area contributed by atoms with Gasteiger partial charge in [-0.25, -0.2) is 0 Å². The molecule has 0 heterocycles. The van der Waals surface area contributed by atoms with Gasteiger partial charge in [-0.05, 0) is 35.4 Å². The Morgan fingerprint density at radius 1 is 1.16 bits per heavy atom. The zero-order valence-electron chi connectivity index (χ0n) is 10.2. The lowest BCUT2D eigenvalue weighted by Crippen LogP contribution is -2.12. The van der Waals surface area contributed by atoms with E-state index in [-0.39, 0.29) is 6.04 Å². The number of rotatable bonds is 3. The van der Waals surface area contributed by atoms with Gasteiger partial charge >= 0.3 is 0 Å². The van der Waals surface area contributed by atoms with Crippen LogP contribution in [0.2, 0.25) is 5.02 Å². The molecule has 0 spiro atoms. The SMILES string of the molecule is COc1ccc(C(N)c2ccc(Br)cc2Br)cc1Cl. The van der Waals surface area contributed by atoms with Crippen LogP contribution in [0, 0.1) is 0 Å². The summed E-state index contributed by atoms with van der Waals surface area (Å²) in [5, 5.41) is 0.559. The fraction of sp³-hybridized carbons (Fsp3) is 0.143. The second-order valence-corrected chi connectivity index (χ2v) is 6.21. The third kappa shape index (κ3) is 3.31. The van der Waals surface area contributed by atoms with E-state index in [4.69, 9.17) is 22.1 Å². The fourth-order valence-electron chi connectivity index (χ4n) is 1.81. The predicted molar refractivity (Wildman–Crippen MR) is 85.9 cm³/mol. The molecule has 2 aromatic carbocycles. The van der Waals surface area contributed by atoms with Crippen molar-refractivity contribution in [2.75, 3.05) is 7.11 Å². The molecule has 0 aromatic heterocycles. The Balaban J connectivity index is 2.38. The van der Waals surface area contributed by atoms with Crippen LogP contribution in [0.3, 0.4) is 0 Å². The summed E-state index contributed by atoms with van der Waals surface area (Å²) >= 11 is 13.1. The van der Waals surface area contributed by atoms with Gasteiger partial charge in [-0.3, -0.25) is 0 Å².